The fraction of sp³-hybridized carbons (Fsp3) is 0.333. The van der Waals surface area contributed by atoms with Gasteiger partial charge in [0.05, 0.1) is 11.1 Å². The van der Waals surface area contributed by atoms with Crippen LogP contribution in [0, 0.1) is 22.7 Å². The Balaban J connectivity index is 3.66. The van der Waals surface area contributed by atoms with E-state index in [1.165, 1.54) is 0 Å². The van der Waals surface area contributed by atoms with E-state index in [9.17, 15) is 9.59 Å². The summed E-state index contributed by atoms with van der Waals surface area (Å²) in [6.45, 7) is 5.17. The van der Waals surface area contributed by atoms with Gasteiger partial charge < -0.3 is 5.11 Å². The summed E-state index contributed by atoms with van der Waals surface area (Å²) in [6.07, 6.45) is 0.977. The number of rotatable bonds is 2. The van der Waals surface area contributed by atoms with Gasteiger partial charge in [0, 0.05) is 0 Å². The number of aromatic amines is 1. The molecule has 1 rings (SSSR count). The summed E-state index contributed by atoms with van der Waals surface area (Å²) in [5.41, 5.74) is -2.12. The number of hydrogen-bond donors (Lipinski definition) is 2. The van der Waals surface area contributed by atoms with E-state index in [0.717, 1.165) is 10.8 Å². The maximum Gasteiger partial charge on any atom is 0.354 e. The summed E-state index contributed by atoms with van der Waals surface area (Å²) in [5.74, 6) is -1.33. The van der Waals surface area contributed by atoms with Gasteiger partial charge in [-0.3, -0.25) is 9.89 Å². The van der Waals surface area contributed by atoms with Gasteiger partial charge in [-0.25, -0.2) is 9.48 Å². The van der Waals surface area contributed by atoms with Gasteiger partial charge in [-0.05, 0) is 26.8 Å². The lowest BCUT2D eigenvalue weighted by molar-refractivity contribution is 0.0688. The SMILES string of the molecule is CC(C)(C)n1[nH]c(C(=O)O)c(C=C(C#N)C#N)c1=O. The second kappa shape index (κ2) is 4.83. The summed E-state index contributed by atoms with van der Waals surface area (Å²) in [7, 11) is 0. The average molecular weight is 260 g/mol. The Morgan fingerprint density at radius 2 is 1.89 bits per heavy atom. The third kappa shape index (κ3) is 2.72. The molecule has 0 saturated carbocycles. The Morgan fingerprint density at radius 1 is 1.37 bits per heavy atom. The molecule has 0 spiro atoms. The van der Waals surface area contributed by atoms with Crippen molar-refractivity contribution in [3.05, 3.63) is 27.2 Å². The van der Waals surface area contributed by atoms with Gasteiger partial charge in [-0.1, -0.05) is 0 Å². The van der Waals surface area contributed by atoms with Crippen LogP contribution < -0.4 is 5.56 Å². The highest BCUT2D eigenvalue weighted by Crippen LogP contribution is 2.14. The smallest absolute Gasteiger partial charge is 0.354 e. The fourth-order valence-corrected chi connectivity index (χ4v) is 1.45. The van der Waals surface area contributed by atoms with Crippen molar-refractivity contribution in [2.45, 2.75) is 26.3 Å². The lowest BCUT2D eigenvalue weighted by Crippen LogP contribution is -2.33. The molecule has 19 heavy (non-hydrogen) atoms. The van der Waals surface area contributed by atoms with Gasteiger partial charge in [0.15, 0.2) is 5.69 Å². The number of aromatic carboxylic acids is 1. The first-order valence-electron chi connectivity index (χ1n) is 5.33. The second-order valence-corrected chi connectivity index (χ2v) is 4.80. The van der Waals surface area contributed by atoms with E-state index in [2.05, 4.69) is 5.10 Å². The summed E-state index contributed by atoms with van der Waals surface area (Å²) < 4.78 is 1.15. The van der Waals surface area contributed by atoms with Crippen molar-refractivity contribution in [3.8, 4) is 12.1 Å². The number of aromatic nitrogens is 2. The normalized spacial score (nSPS) is 10.4. The van der Waals surface area contributed by atoms with Crippen LogP contribution >= 0.6 is 0 Å². The molecule has 0 bridgehead atoms. The average Bonchev–Trinajstić information content (AvgIpc) is 2.63. The Morgan fingerprint density at radius 3 is 2.26 bits per heavy atom. The highest BCUT2D eigenvalue weighted by molar-refractivity contribution is 5.90. The molecule has 0 amide bonds. The van der Waals surface area contributed by atoms with Crippen LogP contribution in [0.25, 0.3) is 6.08 Å². The zero-order valence-electron chi connectivity index (χ0n) is 10.7. The third-order valence-corrected chi connectivity index (χ3v) is 2.34. The summed E-state index contributed by atoms with van der Waals surface area (Å²) in [5, 5.41) is 28.9. The zero-order chi connectivity index (χ0) is 14.8. The van der Waals surface area contributed by atoms with E-state index >= 15 is 0 Å². The highest BCUT2D eigenvalue weighted by atomic mass is 16.4. The van der Waals surface area contributed by atoms with Crippen LogP contribution in [0.15, 0.2) is 10.4 Å². The molecule has 2 N–H and O–H groups in total. The van der Waals surface area contributed by atoms with Gasteiger partial charge >= 0.3 is 5.97 Å². The molecule has 0 radical (unpaired) electrons. The summed E-state index contributed by atoms with van der Waals surface area (Å²) in [6, 6.07) is 3.17. The van der Waals surface area contributed by atoms with Crippen LogP contribution in [0.5, 0.6) is 0 Å². The molecule has 0 unspecified atom stereocenters. The van der Waals surface area contributed by atoms with E-state index in [-0.39, 0.29) is 16.8 Å². The van der Waals surface area contributed by atoms with Crippen LogP contribution in [-0.2, 0) is 5.54 Å². The van der Waals surface area contributed by atoms with Crippen LogP contribution in [-0.4, -0.2) is 20.9 Å². The molecule has 1 aromatic rings. The first-order chi connectivity index (χ1) is 8.72. The van der Waals surface area contributed by atoms with E-state index in [0.29, 0.717) is 0 Å². The molecule has 98 valence electrons. The van der Waals surface area contributed by atoms with Gasteiger partial charge in [-0.15, -0.1) is 0 Å². The molecule has 0 aromatic carbocycles. The zero-order valence-corrected chi connectivity index (χ0v) is 10.7. The summed E-state index contributed by atoms with van der Waals surface area (Å²) in [4.78, 5) is 23.2. The lowest BCUT2D eigenvalue weighted by atomic mass is 10.1. The predicted octanol–water partition coefficient (Wildman–Crippen LogP) is 1.06. The number of allylic oxidation sites excluding steroid dienone is 1. The van der Waals surface area contributed by atoms with E-state index in [1.807, 2.05) is 0 Å². The van der Waals surface area contributed by atoms with Crippen LogP contribution in [0.3, 0.4) is 0 Å². The number of nitrogens with zero attached hydrogens (tertiary/aromatic N) is 3. The van der Waals surface area contributed by atoms with Crippen molar-refractivity contribution in [1.29, 1.82) is 10.5 Å². The maximum absolute atomic E-state index is 12.1. The number of nitrogens with one attached hydrogen (secondary N) is 1. The van der Waals surface area contributed by atoms with E-state index in [1.54, 1.807) is 32.9 Å². The molecule has 0 aliphatic rings. The quantitative estimate of drug-likeness (QED) is 0.769. The Bertz CT molecular complexity index is 671. The van der Waals surface area contributed by atoms with Crippen molar-refractivity contribution >= 4 is 12.0 Å². The molecular formula is C12H12N4O3. The molecule has 0 aliphatic heterocycles. The molecular weight excluding hydrogens is 248 g/mol. The molecule has 0 fully saturated rings. The van der Waals surface area contributed by atoms with Crippen molar-refractivity contribution in [2.75, 3.05) is 0 Å². The van der Waals surface area contributed by atoms with Gasteiger partial charge in [-0.2, -0.15) is 10.5 Å². The fourth-order valence-electron chi connectivity index (χ4n) is 1.45. The molecule has 0 saturated heterocycles. The number of carbonyl (C=O) groups is 1. The van der Waals surface area contributed by atoms with E-state index < -0.39 is 17.1 Å². The molecule has 1 heterocycles. The molecule has 7 heteroatoms. The summed E-state index contributed by atoms with van der Waals surface area (Å²) >= 11 is 0. The number of carboxylic acids is 1. The number of nitriles is 2. The first kappa shape index (κ1) is 14.3. The first-order valence-corrected chi connectivity index (χ1v) is 5.33. The molecule has 7 nitrogen and oxygen atoms in total. The monoisotopic (exact) mass is 260 g/mol. The number of hydrogen-bond acceptors (Lipinski definition) is 4. The van der Waals surface area contributed by atoms with Gasteiger partial charge in [0.1, 0.15) is 17.7 Å². The minimum Gasteiger partial charge on any atom is -0.477 e. The Labute approximate surface area is 109 Å². The van der Waals surface area contributed by atoms with Crippen molar-refractivity contribution in [2.24, 2.45) is 0 Å². The number of H-pyrrole nitrogens is 1. The lowest BCUT2D eigenvalue weighted by Gasteiger charge is -2.18. The van der Waals surface area contributed by atoms with Crippen LogP contribution in [0.4, 0.5) is 0 Å². The highest BCUT2D eigenvalue weighted by Gasteiger charge is 2.24. The molecule has 0 aliphatic carbocycles. The standard InChI is InChI=1S/C12H12N4O3/c1-12(2,3)16-10(17)8(4-7(5-13)6-14)9(15-16)11(18)19/h4,15H,1-3H3,(H,18,19). The third-order valence-electron chi connectivity index (χ3n) is 2.34. The van der Waals surface area contributed by atoms with Gasteiger partial charge in [0.25, 0.3) is 5.56 Å². The minimum atomic E-state index is -1.33. The largest absolute Gasteiger partial charge is 0.477 e. The maximum atomic E-state index is 12.1. The minimum absolute atomic E-state index is 0.208. The van der Waals surface area contributed by atoms with Crippen molar-refractivity contribution in [1.82, 2.24) is 9.78 Å². The van der Waals surface area contributed by atoms with E-state index in [4.69, 9.17) is 15.6 Å². The van der Waals surface area contributed by atoms with Crippen molar-refractivity contribution < 1.29 is 9.90 Å². The molecule has 0 atom stereocenters. The molecule has 1 aromatic heterocycles. The van der Waals surface area contributed by atoms with Gasteiger partial charge in [0.2, 0.25) is 0 Å². The van der Waals surface area contributed by atoms with Crippen molar-refractivity contribution in [3.63, 3.8) is 0 Å². The van der Waals surface area contributed by atoms with Crippen LogP contribution in [0.1, 0.15) is 36.8 Å². The Kier molecular flexibility index (Phi) is 3.62. The number of carboxylic acid groups (broad SMARTS) is 1. The Hall–Kier alpha value is -2.80. The second-order valence-electron chi connectivity index (χ2n) is 4.80. The predicted molar refractivity (Wildman–Crippen MR) is 66.2 cm³/mol. The topological polar surface area (TPSA) is 123 Å². The van der Waals surface area contributed by atoms with Crippen LogP contribution in [0.2, 0.25) is 0 Å².